The number of hydrogen-bond acceptors (Lipinski definition) is 2. The van der Waals surface area contributed by atoms with Gasteiger partial charge in [0.15, 0.2) is 0 Å². The largest absolute Gasteiger partial charge is 0.316 e. The van der Waals surface area contributed by atoms with E-state index in [1.807, 2.05) is 11.3 Å². The maximum absolute atomic E-state index is 3.42. The van der Waals surface area contributed by atoms with Crippen molar-refractivity contribution in [3.63, 3.8) is 0 Å². The number of nitrogens with one attached hydrogen (secondary N) is 1. The molecule has 0 aromatic carbocycles. The smallest absolute Gasteiger partial charge is 0.00483 e. The van der Waals surface area contributed by atoms with Crippen LogP contribution in [-0.4, -0.2) is 13.1 Å². The molecule has 0 spiro atoms. The summed E-state index contributed by atoms with van der Waals surface area (Å²) >= 11 is 1.86. The standard InChI is InChI=1S/C14H23NS/c1-3-10-15-11-4-6-13(2)8-9-14-7-5-12-16-14/h5-7,12,15H,3-4,8-11H2,1-2H3. The van der Waals surface area contributed by atoms with E-state index in [-0.39, 0.29) is 0 Å². The molecule has 1 rings (SSSR count). The number of aryl methyl sites for hydroxylation is 1. The summed E-state index contributed by atoms with van der Waals surface area (Å²) in [6.07, 6.45) is 7.16. The van der Waals surface area contributed by atoms with Gasteiger partial charge in [0, 0.05) is 4.88 Å². The first-order valence-corrected chi connectivity index (χ1v) is 7.09. The molecule has 1 aromatic heterocycles. The molecule has 0 saturated carbocycles. The summed E-state index contributed by atoms with van der Waals surface area (Å²) in [6, 6.07) is 4.36. The number of thiophene rings is 1. The molecule has 0 unspecified atom stereocenters. The van der Waals surface area contributed by atoms with Gasteiger partial charge in [0.1, 0.15) is 0 Å². The molecule has 16 heavy (non-hydrogen) atoms. The van der Waals surface area contributed by atoms with Crippen LogP contribution in [0.25, 0.3) is 0 Å². The zero-order chi connectivity index (χ0) is 11.6. The lowest BCUT2D eigenvalue weighted by molar-refractivity contribution is 0.676. The summed E-state index contributed by atoms with van der Waals surface area (Å²) in [5.41, 5.74) is 1.52. The second kappa shape index (κ2) is 8.54. The average molecular weight is 237 g/mol. The van der Waals surface area contributed by atoms with Gasteiger partial charge in [-0.25, -0.2) is 0 Å². The zero-order valence-corrected chi connectivity index (χ0v) is 11.3. The van der Waals surface area contributed by atoms with Crippen molar-refractivity contribution in [3.8, 4) is 0 Å². The van der Waals surface area contributed by atoms with Gasteiger partial charge in [0.25, 0.3) is 0 Å². The minimum Gasteiger partial charge on any atom is -0.316 e. The molecule has 0 atom stereocenters. The Morgan fingerprint density at radius 2 is 2.31 bits per heavy atom. The van der Waals surface area contributed by atoms with Gasteiger partial charge in [-0.2, -0.15) is 0 Å². The Kier molecular flexibility index (Phi) is 7.19. The maximum Gasteiger partial charge on any atom is 0.00483 e. The van der Waals surface area contributed by atoms with Crippen LogP contribution in [0.4, 0.5) is 0 Å². The number of rotatable bonds is 8. The first-order valence-electron chi connectivity index (χ1n) is 6.21. The molecule has 1 aromatic rings. The fraction of sp³-hybridized carbons (Fsp3) is 0.571. The summed E-state index contributed by atoms with van der Waals surface area (Å²) in [6.45, 7) is 6.70. The lowest BCUT2D eigenvalue weighted by Crippen LogP contribution is -2.15. The molecule has 1 heterocycles. The van der Waals surface area contributed by atoms with Gasteiger partial charge in [0.2, 0.25) is 0 Å². The van der Waals surface area contributed by atoms with E-state index in [0.29, 0.717) is 0 Å². The van der Waals surface area contributed by atoms with Gasteiger partial charge in [-0.15, -0.1) is 11.3 Å². The van der Waals surface area contributed by atoms with Crippen LogP contribution in [0.15, 0.2) is 29.2 Å². The summed E-state index contributed by atoms with van der Waals surface area (Å²) in [7, 11) is 0. The van der Waals surface area contributed by atoms with Crippen molar-refractivity contribution >= 4 is 11.3 Å². The van der Waals surface area contributed by atoms with E-state index in [1.54, 1.807) is 0 Å². The zero-order valence-electron chi connectivity index (χ0n) is 10.5. The van der Waals surface area contributed by atoms with Crippen LogP contribution in [-0.2, 0) is 6.42 Å². The fourth-order valence-corrected chi connectivity index (χ4v) is 2.31. The predicted octanol–water partition coefficient (Wildman–Crippen LogP) is 4.02. The van der Waals surface area contributed by atoms with Crippen molar-refractivity contribution in [2.75, 3.05) is 13.1 Å². The highest BCUT2D eigenvalue weighted by Gasteiger charge is 1.95. The van der Waals surface area contributed by atoms with Gasteiger partial charge in [-0.3, -0.25) is 0 Å². The molecule has 90 valence electrons. The van der Waals surface area contributed by atoms with Gasteiger partial charge in [0.05, 0.1) is 0 Å². The first-order chi connectivity index (χ1) is 7.83. The number of allylic oxidation sites excluding steroid dienone is 1. The van der Waals surface area contributed by atoms with E-state index in [4.69, 9.17) is 0 Å². The van der Waals surface area contributed by atoms with Crippen molar-refractivity contribution in [1.29, 1.82) is 0 Å². The Bertz CT molecular complexity index is 288. The summed E-state index contributed by atoms with van der Waals surface area (Å²) < 4.78 is 0. The van der Waals surface area contributed by atoms with Gasteiger partial charge >= 0.3 is 0 Å². The van der Waals surface area contributed by atoms with Crippen molar-refractivity contribution in [3.05, 3.63) is 34.0 Å². The molecule has 0 aliphatic rings. The van der Waals surface area contributed by atoms with E-state index < -0.39 is 0 Å². The molecule has 0 aliphatic carbocycles. The predicted molar refractivity (Wildman–Crippen MR) is 74.2 cm³/mol. The van der Waals surface area contributed by atoms with Crippen LogP contribution >= 0.6 is 11.3 Å². The van der Waals surface area contributed by atoms with Gasteiger partial charge < -0.3 is 5.32 Å². The van der Waals surface area contributed by atoms with Gasteiger partial charge in [-0.1, -0.05) is 24.6 Å². The monoisotopic (exact) mass is 237 g/mol. The Hall–Kier alpha value is -0.600. The Balaban J connectivity index is 2.09. The van der Waals surface area contributed by atoms with Crippen molar-refractivity contribution in [1.82, 2.24) is 5.32 Å². The molecule has 0 aliphatic heterocycles. The normalized spacial score (nSPS) is 12.0. The number of hydrogen-bond donors (Lipinski definition) is 1. The molecule has 2 heteroatoms. The van der Waals surface area contributed by atoms with Crippen LogP contribution in [0.3, 0.4) is 0 Å². The molecule has 0 amide bonds. The second-order valence-corrected chi connectivity index (χ2v) is 5.20. The van der Waals surface area contributed by atoms with Crippen LogP contribution in [0.1, 0.15) is 38.0 Å². The molecule has 0 fully saturated rings. The molecule has 0 radical (unpaired) electrons. The van der Waals surface area contributed by atoms with E-state index in [9.17, 15) is 0 Å². The third-order valence-corrected chi connectivity index (χ3v) is 3.52. The fourth-order valence-electron chi connectivity index (χ4n) is 1.60. The van der Waals surface area contributed by atoms with Crippen LogP contribution in [0.2, 0.25) is 0 Å². The van der Waals surface area contributed by atoms with E-state index in [0.717, 1.165) is 19.5 Å². The molecule has 0 bridgehead atoms. The summed E-state index contributed by atoms with van der Waals surface area (Å²) in [5.74, 6) is 0. The van der Waals surface area contributed by atoms with Gasteiger partial charge in [-0.05, 0) is 57.1 Å². The van der Waals surface area contributed by atoms with Crippen LogP contribution < -0.4 is 5.32 Å². The Morgan fingerprint density at radius 1 is 1.44 bits per heavy atom. The Labute approximate surface area is 104 Å². The highest BCUT2D eigenvalue weighted by molar-refractivity contribution is 7.09. The van der Waals surface area contributed by atoms with Crippen LogP contribution in [0.5, 0.6) is 0 Å². The first kappa shape index (κ1) is 13.5. The maximum atomic E-state index is 3.42. The van der Waals surface area contributed by atoms with Crippen LogP contribution in [0, 0.1) is 0 Å². The minimum absolute atomic E-state index is 1.12. The highest BCUT2D eigenvalue weighted by Crippen LogP contribution is 2.14. The van der Waals surface area contributed by atoms with Crippen molar-refractivity contribution in [2.24, 2.45) is 0 Å². The molecular weight excluding hydrogens is 214 g/mol. The quantitative estimate of drug-likeness (QED) is 0.532. The third kappa shape index (κ3) is 6.09. The lowest BCUT2D eigenvalue weighted by Gasteiger charge is -2.02. The van der Waals surface area contributed by atoms with E-state index in [1.165, 1.54) is 29.7 Å². The minimum atomic E-state index is 1.12. The lowest BCUT2D eigenvalue weighted by atomic mass is 10.1. The van der Waals surface area contributed by atoms with E-state index >= 15 is 0 Å². The van der Waals surface area contributed by atoms with Crippen molar-refractivity contribution < 1.29 is 0 Å². The SMILES string of the molecule is CCCNCCC=C(C)CCc1cccs1. The molecule has 0 saturated heterocycles. The van der Waals surface area contributed by atoms with Crippen molar-refractivity contribution in [2.45, 2.75) is 39.5 Å². The third-order valence-electron chi connectivity index (χ3n) is 2.59. The second-order valence-electron chi connectivity index (χ2n) is 4.17. The average Bonchev–Trinajstić information content (AvgIpc) is 2.79. The molecule has 1 nitrogen and oxygen atoms in total. The van der Waals surface area contributed by atoms with E-state index in [2.05, 4.69) is 42.8 Å². The highest BCUT2D eigenvalue weighted by atomic mass is 32.1. The molecular formula is C14H23NS. The summed E-state index contributed by atoms with van der Waals surface area (Å²) in [5, 5.41) is 5.57. The Morgan fingerprint density at radius 3 is 3.00 bits per heavy atom. The topological polar surface area (TPSA) is 12.0 Å². The summed E-state index contributed by atoms with van der Waals surface area (Å²) in [4.78, 5) is 1.50. The molecule has 1 N–H and O–H groups in total.